The van der Waals surface area contributed by atoms with Crippen molar-refractivity contribution in [3.63, 3.8) is 0 Å². The van der Waals surface area contributed by atoms with E-state index < -0.39 is 6.04 Å². The molecule has 0 aliphatic carbocycles. The average molecular weight is 452 g/mol. The summed E-state index contributed by atoms with van der Waals surface area (Å²) in [6.07, 6.45) is 0.660. The van der Waals surface area contributed by atoms with Crippen molar-refractivity contribution in [1.82, 2.24) is 14.5 Å². The molecule has 2 aliphatic heterocycles. The van der Waals surface area contributed by atoms with Crippen LogP contribution >= 0.6 is 12.2 Å². The molecule has 1 fully saturated rings. The van der Waals surface area contributed by atoms with Gasteiger partial charge in [-0.25, -0.2) is 13.9 Å². The predicted octanol–water partition coefficient (Wildman–Crippen LogP) is 3.47. The van der Waals surface area contributed by atoms with E-state index >= 15 is 0 Å². The second-order valence-electron chi connectivity index (χ2n) is 8.01. The molecule has 5 rings (SSSR count). The highest BCUT2D eigenvalue weighted by molar-refractivity contribution is 7.71. The van der Waals surface area contributed by atoms with Crippen molar-refractivity contribution < 1.29 is 14.0 Å². The lowest BCUT2D eigenvalue weighted by atomic mass is 10.1. The molecular weight excluding hydrogens is 429 g/mol. The molecule has 0 unspecified atom stereocenters. The highest BCUT2D eigenvalue weighted by Gasteiger charge is 2.32. The lowest BCUT2D eigenvalue weighted by Gasteiger charge is -2.36. The molecule has 2 aromatic carbocycles. The van der Waals surface area contributed by atoms with Crippen molar-refractivity contribution in [3.8, 4) is 0 Å². The Morgan fingerprint density at radius 2 is 1.81 bits per heavy atom. The second-order valence-corrected chi connectivity index (χ2v) is 8.38. The maximum absolute atomic E-state index is 13.1. The molecule has 164 valence electrons. The lowest BCUT2D eigenvalue weighted by Crippen LogP contribution is -2.49. The minimum Gasteiger partial charge on any atom is -0.368 e. The van der Waals surface area contributed by atoms with E-state index in [0.717, 1.165) is 16.6 Å². The summed E-state index contributed by atoms with van der Waals surface area (Å²) in [6.45, 7) is 2.58. The van der Waals surface area contributed by atoms with Crippen LogP contribution in [0.3, 0.4) is 0 Å². The van der Waals surface area contributed by atoms with Crippen molar-refractivity contribution in [2.45, 2.75) is 18.9 Å². The second kappa shape index (κ2) is 8.31. The average Bonchev–Trinajstić information content (AvgIpc) is 3.15. The first kappa shape index (κ1) is 20.6. The topological polar surface area (TPSA) is 70.5 Å². The first-order chi connectivity index (χ1) is 15.5. The van der Waals surface area contributed by atoms with Gasteiger partial charge in [0.25, 0.3) is 5.91 Å². The van der Waals surface area contributed by atoms with Crippen LogP contribution in [0.2, 0.25) is 0 Å². The quantitative estimate of drug-likeness (QED) is 0.613. The molecule has 1 atom stereocenters. The minimum absolute atomic E-state index is 0.0286. The Morgan fingerprint density at radius 3 is 2.56 bits per heavy atom. The molecule has 32 heavy (non-hydrogen) atoms. The molecule has 1 amide bonds. The third-order valence-corrected chi connectivity index (χ3v) is 6.36. The molecule has 9 heteroatoms. The molecule has 0 radical (unpaired) electrons. The number of rotatable bonds is 4. The summed E-state index contributed by atoms with van der Waals surface area (Å²) in [4.78, 5) is 34.0. The van der Waals surface area contributed by atoms with Gasteiger partial charge in [-0.15, -0.1) is 0 Å². The summed E-state index contributed by atoms with van der Waals surface area (Å²) in [5.41, 5.74) is 1.69. The Morgan fingerprint density at radius 1 is 1.09 bits per heavy atom. The SMILES string of the molecule is O=C(CC[C@@H]1Nc2c3ccccc3nc(=S)n2C1=O)N1CCN(c2ccc(F)cc2)CC1. The van der Waals surface area contributed by atoms with Crippen LogP contribution in [0.5, 0.6) is 0 Å². The standard InChI is InChI=1S/C23H22FN5O2S/c24-15-5-7-16(8-6-15)27-11-13-28(14-12-27)20(30)10-9-19-22(31)29-21(25-19)17-3-1-2-4-18(17)26-23(29)32/h1-8,19,25H,9-14H2/t19-/m0/s1. The van der Waals surface area contributed by atoms with Crippen LogP contribution in [0.1, 0.15) is 17.6 Å². The van der Waals surface area contributed by atoms with Gasteiger partial charge in [0.1, 0.15) is 17.7 Å². The van der Waals surface area contributed by atoms with Crippen LogP contribution < -0.4 is 10.2 Å². The van der Waals surface area contributed by atoms with Crippen molar-refractivity contribution in [3.05, 3.63) is 59.1 Å². The number of piperazine rings is 1. The van der Waals surface area contributed by atoms with Crippen LogP contribution in [0, 0.1) is 10.6 Å². The van der Waals surface area contributed by atoms with Crippen molar-refractivity contribution in [1.29, 1.82) is 0 Å². The predicted molar refractivity (Wildman–Crippen MR) is 123 cm³/mol. The molecule has 1 N–H and O–H groups in total. The smallest absolute Gasteiger partial charge is 0.257 e. The summed E-state index contributed by atoms with van der Waals surface area (Å²) >= 11 is 5.32. The largest absolute Gasteiger partial charge is 0.368 e. The number of carbonyl (C=O) groups excluding carboxylic acids is 2. The van der Waals surface area contributed by atoms with Gasteiger partial charge in [0, 0.05) is 43.7 Å². The number of carbonyl (C=O) groups is 2. The Labute approximate surface area is 189 Å². The third-order valence-electron chi connectivity index (χ3n) is 6.09. The summed E-state index contributed by atoms with van der Waals surface area (Å²) in [5, 5.41) is 4.09. The zero-order valence-electron chi connectivity index (χ0n) is 17.3. The first-order valence-electron chi connectivity index (χ1n) is 10.6. The van der Waals surface area contributed by atoms with Gasteiger partial charge < -0.3 is 15.1 Å². The molecule has 0 saturated carbocycles. The number of nitrogens with one attached hydrogen (secondary N) is 1. The molecule has 0 spiro atoms. The minimum atomic E-state index is -0.506. The van der Waals surface area contributed by atoms with Crippen LogP contribution in [0.15, 0.2) is 48.5 Å². The van der Waals surface area contributed by atoms with E-state index in [4.69, 9.17) is 12.2 Å². The number of fused-ring (bicyclic) bond motifs is 3. The van der Waals surface area contributed by atoms with E-state index in [1.807, 2.05) is 29.2 Å². The number of halogens is 1. The molecule has 0 bridgehead atoms. The summed E-state index contributed by atoms with van der Waals surface area (Å²) in [7, 11) is 0. The maximum atomic E-state index is 13.1. The summed E-state index contributed by atoms with van der Waals surface area (Å²) in [6, 6.07) is 13.4. The highest BCUT2D eigenvalue weighted by Crippen LogP contribution is 2.29. The third kappa shape index (κ3) is 3.73. The number of para-hydroxylation sites is 1. The number of amides is 1. The van der Waals surface area contributed by atoms with E-state index in [9.17, 15) is 14.0 Å². The van der Waals surface area contributed by atoms with Crippen LogP contribution in [-0.4, -0.2) is 58.5 Å². The van der Waals surface area contributed by atoms with Gasteiger partial charge in [0.2, 0.25) is 10.7 Å². The Hall–Kier alpha value is -3.33. The molecule has 2 aliphatic rings. The van der Waals surface area contributed by atoms with E-state index in [2.05, 4.69) is 15.2 Å². The molecule has 3 aromatic rings. The Kier molecular flexibility index (Phi) is 5.34. The van der Waals surface area contributed by atoms with Crippen LogP contribution in [0.4, 0.5) is 15.9 Å². The zero-order chi connectivity index (χ0) is 22.2. The Bertz CT molecular complexity index is 1250. The van der Waals surface area contributed by atoms with Gasteiger partial charge in [-0.2, -0.15) is 0 Å². The number of aromatic nitrogens is 2. The van der Waals surface area contributed by atoms with Crippen LogP contribution in [-0.2, 0) is 4.79 Å². The fourth-order valence-electron chi connectivity index (χ4n) is 4.36. The molecular formula is C23H22FN5O2S. The van der Waals surface area contributed by atoms with Gasteiger partial charge in [0.15, 0.2) is 0 Å². The summed E-state index contributed by atoms with van der Waals surface area (Å²) < 4.78 is 14.8. The summed E-state index contributed by atoms with van der Waals surface area (Å²) in [5.74, 6) is 0.249. The van der Waals surface area contributed by atoms with Crippen molar-refractivity contribution in [2.24, 2.45) is 0 Å². The van der Waals surface area contributed by atoms with Gasteiger partial charge in [-0.05, 0) is 55.0 Å². The number of nitrogens with zero attached hydrogens (tertiary/aromatic N) is 4. The fourth-order valence-corrected chi connectivity index (χ4v) is 4.64. The Balaban J connectivity index is 1.20. The molecule has 1 aromatic heterocycles. The van der Waals surface area contributed by atoms with Gasteiger partial charge in [-0.1, -0.05) is 12.1 Å². The molecule has 7 nitrogen and oxygen atoms in total. The van der Waals surface area contributed by atoms with Gasteiger partial charge >= 0.3 is 0 Å². The van der Waals surface area contributed by atoms with E-state index in [1.54, 1.807) is 12.1 Å². The van der Waals surface area contributed by atoms with Crippen molar-refractivity contribution in [2.75, 3.05) is 36.4 Å². The number of benzene rings is 2. The number of anilines is 2. The maximum Gasteiger partial charge on any atom is 0.257 e. The highest BCUT2D eigenvalue weighted by atomic mass is 32.1. The van der Waals surface area contributed by atoms with Gasteiger partial charge in [-0.3, -0.25) is 9.59 Å². The molecule has 3 heterocycles. The van der Waals surface area contributed by atoms with Crippen LogP contribution in [0.25, 0.3) is 10.9 Å². The number of hydrogen-bond acceptors (Lipinski definition) is 6. The van der Waals surface area contributed by atoms with Crippen molar-refractivity contribution >= 4 is 46.4 Å². The van der Waals surface area contributed by atoms with Gasteiger partial charge in [0.05, 0.1) is 5.52 Å². The lowest BCUT2D eigenvalue weighted by molar-refractivity contribution is -0.131. The van der Waals surface area contributed by atoms with E-state index in [1.165, 1.54) is 16.7 Å². The van der Waals surface area contributed by atoms with E-state index in [-0.39, 0.29) is 28.8 Å². The first-order valence-corrected chi connectivity index (χ1v) is 11.0. The zero-order valence-corrected chi connectivity index (χ0v) is 18.1. The molecule has 1 saturated heterocycles. The number of hydrogen-bond donors (Lipinski definition) is 1. The normalized spacial score (nSPS) is 18.0. The fraction of sp³-hybridized carbons (Fsp3) is 0.304. The van der Waals surface area contributed by atoms with E-state index in [0.29, 0.717) is 38.4 Å². The monoisotopic (exact) mass is 451 g/mol.